The van der Waals surface area contributed by atoms with Crippen molar-refractivity contribution in [3.8, 4) is 0 Å². The molecule has 2 aromatic rings. The van der Waals surface area contributed by atoms with Crippen LogP contribution in [0.3, 0.4) is 0 Å². The largest absolute Gasteiger partial charge is 0.465 e. The molecule has 0 bridgehead atoms. The zero-order valence-corrected chi connectivity index (χ0v) is 12.9. The first-order valence-corrected chi connectivity index (χ1v) is 7.49. The van der Waals surface area contributed by atoms with Gasteiger partial charge in [-0.1, -0.05) is 18.2 Å². The van der Waals surface area contributed by atoms with Crippen molar-refractivity contribution in [2.75, 3.05) is 24.3 Å². The Morgan fingerprint density at radius 3 is 2.70 bits per heavy atom. The molecule has 0 aliphatic carbocycles. The van der Waals surface area contributed by atoms with Crippen LogP contribution in [0.15, 0.2) is 42.5 Å². The average molecular weight is 310 g/mol. The summed E-state index contributed by atoms with van der Waals surface area (Å²) >= 11 is 0. The van der Waals surface area contributed by atoms with E-state index >= 15 is 0 Å². The predicted molar refractivity (Wildman–Crippen MR) is 88.6 cm³/mol. The van der Waals surface area contributed by atoms with Crippen LogP contribution >= 0.6 is 0 Å². The van der Waals surface area contributed by atoms with Gasteiger partial charge in [-0.25, -0.2) is 4.79 Å². The molecule has 23 heavy (non-hydrogen) atoms. The Morgan fingerprint density at radius 1 is 1.17 bits per heavy atom. The van der Waals surface area contributed by atoms with Crippen LogP contribution in [0.4, 0.5) is 11.4 Å². The second-order valence-electron chi connectivity index (χ2n) is 5.48. The van der Waals surface area contributed by atoms with Gasteiger partial charge in [0.1, 0.15) is 0 Å². The summed E-state index contributed by atoms with van der Waals surface area (Å²) < 4.78 is 4.67. The third kappa shape index (κ3) is 2.77. The number of carbonyl (C=O) groups excluding carboxylic acids is 2. The van der Waals surface area contributed by atoms with Crippen molar-refractivity contribution in [2.45, 2.75) is 12.8 Å². The number of nitrogen functional groups attached to an aromatic ring is 1. The van der Waals surface area contributed by atoms with Gasteiger partial charge >= 0.3 is 5.97 Å². The molecule has 2 aromatic carbocycles. The number of anilines is 2. The number of amides is 1. The van der Waals surface area contributed by atoms with Gasteiger partial charge in [-0.2, -0.15) is 0 Å². The maximum Gasteiger partial charge on any atom is 0.339 e. The van der Waals surface area contributed by atoms with E-state index in [0.29, 0.717) is 12.1 Å². The van der Waals surface area contributed by atoms with Gasteiger partial charge in [0, 0.05) is 23.5 Å². The number of para-hydroxylation sites is 1. The first kappa shape index (κ1) is 15.1. The zero-order chi connectivity index (χ0) is 16.4. The third-order valence-electron chi connectivity index (χ3n) is 4.06. The van der Waals surface area contributed by atoms with Crippen LogP contribution in [-0.2, 0) is 11.2 Å². The average Bonchev–Trinajstić information content (AvgIpc) is 2.60. The fraction of sp³-hybridized carbons (Fsp3) is 0.222. The van der Waals surface area contributed by atoms with Crippen LogP contribution in [0, 0.1) is 0 Å². The summed E-state index contributed by atoms with van der Waals surface area (Å²) in [4.78, 5) is 26.2. The molecule has 0 aromatic heterocycles. The summed E-state index contributed by atoms with van der Waals surface area (Å²) in [6.45, 7) is 0.675. The van der Waals surface area contributed by atoms with Crippen molar-refractivity contribution >= 4 is 23.3 Å². The number of methoxy groups -OCH3 is 1. The highest BCUT2D eigenvalue weighted by Gasteiger charge is 2.24. The number of nitrogens with zero attached hydrogens (tertiary/aromatic N) is 1. The molecule has 0 fully saturated rings. The molecule has 5 nitrogen and oxygen atoms in total. The van der Waals surface area contributed by atoms with Crippen molar-refractivity contribution in [2.24, 2.45) is 0 Å². The summed E-state index contributed by atoms with van der Waals surface area (Å²) in [5, 5.41) is 0. The Hall–Kier alpha value is -2.82. The van der Waals surface area contributed by atoms with Crippen molar-refractivity contribution in [3.63, 3.8) is 0 Å². The van der Waals surface area contributed by atoms with Crippen LogP contribution in [0.5, 0.6) is 0 Å². The first-order chi connectivity index (χ1) is 11.1. The molecular formula is C18H18N2O3. The molecule has 0 unspecified atom stereocenters. The van der Waals surface area contributed by atoms with E-state index in [1.807, 2.05) is 24.3 Å². The van der Waals surface area contributed by atoms with E-state index < -0.39 is 5.97 Å². The number of carbonyl (C=O) groups is 2. The minimum Gasteiger partial charge on any atom is -0.465 e. The van der Waals surface area contributed by atoms with E-state index in [0.717, 1.165) is 18.5 Å². The number of ether oxygens (including phenoxy) is 1. The molecule has 118 valence electrons. The fourth-order valence-electron chi connectivity index (χ4n) is 2.89. The van der Waals surface area contributed by atoms with Gasteiger partial charge in [-0.15, -0.1) is 0 Å². The van der Waals surface area contributed by atoms with Crippen LogP contribution in [-0.4, -0.2) is 25.5 Å². The molecule has 0 radical (unpaired) electrons. The second kappa shape index (κ2) is 6.12. The third-order valence-corrected chi connectivity index (χ3v) is 4.06. The number of fused-ring (bicyclic) bond motifs is 1. The molecule has 2 N–H and O–H groups in total. The van der Waals surface area contributed by atoms with E-state index in [-0.39, 0.29) is 17.2 Å². The van der Waals surface area contributed by atoms with Crippen molar-refractivity contribution in [1.29, 1.82) is 0 Å². The van der Waals surface area contributed by atoms with E-state index in [1.54, 1.807) is 11.0 Å². The van der Waals surface area contributed by atoms with Crippen molar-refractivity contribution in [1.82, 2.24) is 0 Å². The number of aryl methyl sites for hydroxylation is 1. The van der Waals surface area contributed by atoms with Crippen LogP contribution in [0.1, 0.15) is 32.7 Å². The van der Waals surface area contributed by atoms with Gasteiger partial charge in [-0.05, 0) is 42.7 Å². The molecule has 5 heteroatoms. The monoisotopic (exact) mass is 310 g/mol. The molecule has 1 aliphatic rings. The lowest BCUT2D eigenvalue weighted by atomic mass is 10.0. The van der Waals surface area contributed by atoms with E-state index in [2.05, 4.69) is 4.74 Å². The standard InChI is InChI=1S/C18H18N2O3/c1-23-18(22)14-9-8-13(11-15(14)19)17(21)20-10-4-6-12-5-2-3-7-16(12)20/h2-3,5,7-9,11H,4,6,10,19H2,1H3. The Bertz CT molecular complexity index is 771. The van der Waals surface area contributed by atoms with Crippen LogP contribution in [0.2, 0.25) is 0 Å². The maximum absolute atomic E-state index is 12.8. The summed E-state index contributed by atoms with van der Waals surface area (Å²) in [6, 6.07) is 12.6. The molecule has 1 amide bonds. The predicted octanol–water partition coefficient (Wildman–Crippen LogP) is 2.65. The highest BCUT2D eigenvalue weighted by molar-refractivity contribution is 6.08. The highest BCUT2D eigenvalue weighted by Crippen LogP contribution is 2.28. The molecule has 0 spiro atoms. The van der Waals surface area contributed by atoms with E-state index in [4.69, 9.17) is 5.73 Å². The quantitative estimate of drug-likeness (QED) is 0.683. The SMILES string of the molecule is COC(=O)c1ccc(C(=O)N2CCCc3ccccc32)cc1N. The lowest BCUT2D eigenvalue weighted by molar-refractivity contribution is 0.0601. The number of hydrogen-bond donors (Lipinski definition) is 1. The number of esters is 1. The van der Waals surface area contributed by atoms with Gasteiger partial charge < -0.3 is 15.4 Å². The smallest absolute Gasteiger partial charge is 0.339 e. The Kier molecular flexibility index (Phi) is 4.02. The molecule has 0 saturated heterocycles. The summed E-state index contributed by atoms with van der Waals surface area (Å²) in [5.74, 6) is -0.620. The zero-order valence-electron chi connectivity index (χ0n) is 12.9. The minimum atomic E-state index is -0.509. The van der Waals surface area contributed by atoms with Crippen molar-refractivity contribution in [3.05, 3.63) is 59.2 Å². The van der Waals surface area contributed by atoms with E-state index in [1.165, 1.54) is 24.8 Å². The van der Waals surface area contributed by atoms with E-state index in [9.17, 15) is 9.59 Å². The number of rotatable bonds is 2. The van der Waals surface area contributed by atoms with Crippen LogP contribution < -0.4 is 10.6 Å². The molecular weight excluding hydrogens is 292 g/mol. The molecule has 1 heterocycles. The maximum atomic E-state index is 12.8. The highest BCUT2D eigenvalue weighted by atomic mass is 16.5. The van der Waals surface area contributed by atoms with Gasteiger partial charge in [-0.3, -0.25) is 4.79 Å². The minimum absolute atomic E-state index is 0.111. The van der Waals surface area contributed by atoms with Gasteiger partial charge in [0.25, 0.3) is 5.91 Å². The number of hydrogen-bond acceptors (Lipinski definition) is 4. The number of nitrogens with two attached hydrogens (primary N) is 1. The molecule has 0 atom stereocenters. The second-order valence-corrected chi connectivity index (χ2v) is 5.48. The van der Waals surface area contributed by atoms with Crippen molar-refractivity contribution < 1.29 is 14.3 Å². The van der Waals surface area contributed by atoms with Gasteiger partial charge in [0.05, 0.1) is 12.7 Å². The lowest BCUT2D eigenvalue weighted by Gasteiger charge is -2.29. The molecule has 1 aliphatic heterocycles. The van der Waals surface area contributed by atoms with Gasteiger partial charge in [0.2, 0.25) is 0 Å². The first-order valence-electron chi connectivity index (χ1n) is 7.49. The summed E-state index contributed by atoms with van der Waals surface area (Å²) in [6.07, 6.45) is 1.90. The Morgan fingerprint density at radius 2 is 1.96 bits per heavy atom. The lowest BCUT2D eigenvalue weighted by Crippen LogP contribution is -2.35. The molecule has 0 saturated carbocycles. The van der Waals surface area contributed by atoms with Crippen LogP contribution in [0.25, 0.3) is 0 Å². The van der Waals surface area contributed by atoms with Gasteiger partial charge in [0.15, 0.2) is 0 Å². The Labute approximate surface area is 134 Å². The summed E-state index contributed by atoms with van der Waals surface area (Å²) in [5.41, 5.74) is 8.98. The summed E-state index contributed by atoms with van der Waals surface area (Å²) in [7, 11) is 1.30. The number of benzene rings is 2. The molecule has 3 rings (SSSR count). The normalized spacial score (nSPS) is 13.3. The topological polar surface area (TPSA) is 72.6 Å². The Balaban J connectivity index is 1.93. The fourth-order valence-corrected chi connectivity index (χ4v) is 2.89.